The fourth-order valence-electron chi connectivity index (χ4n) is 2.74. The van der Waals surface area contributed by atoms with Crippen LogP contribution < -0.4 is 5.73 Å². The van der Waals surface area contributed by atoms with Crippen molar-refractivity contribution in [1.82, 2.24) is 4.98 Å². The van der Waals surface area contributed by atoms with E-state index in [1.54, 1.807) is 0 Å². The molecule has 4 rings (SSSR count). The van der Waals surface area contributed by atoms with Crippen molar-refractivity contribution < 1.29 is 0 Å². The normalized spacial score (nSPS) is 11.0. The number of hydrogen-bond donors (Lipinski definition) is 1. The van der Waals surface area contributed by atoms with E-state index in [4.69, 9.17) is 10.7 Å². The molecule has 21 heavy (non-hydrogen) atoms. The van der Waals surface area contributed by atoms with Crippen LogP contribution in [-0.2, 0) is 0 Å². The van der Waals surface area contributed by atoms with Gasteiger partial charge in [-0.05, 0) is 35.0 Å². The van der Waals surface area contributed by atoms with Crippen LogP contribution in [0.15, 0.2) is 72.8 Å². The highest BCUT2D eigenvalue weighted by molar-refractivity contribution is 6.06. The maximum Gasteiger partial charge on any atom is 0.0715 e. The first-order valence-corrected chi connectivity index (χ1v) is 6.96. The van der Waals surface area contributed by atoms with Crippen molar-refractivity contribution in [3.8, 4) is 11.3 Å². The molecule has 0 aliphatic heterocycles. The SMILES string of the molecule is Nc1cccc(-c2ccc3c(ccc4ccccc43)n2)c1. The Morgan fingerprint density at radius 1 is 0.714 bits per heavy atom. The minimum Gasteiger partial charge on any atom is -0.399 e. The number of rotatable bonds is 1. The van der Waals surface area contributed by atoms with Gasteiger partial charge in [0.1, 0.15) is 0 Å². The molecule has 2 N–H and O–H groups in total. The topological polar surface area (TPSA) is 38.9 Å². The average molecular weight is 270 g/mol. The highest BCUT2D eigenvalue weighted by atomic mass is 14.7. The van der Waals surface area contributed by atoms with Crippen molar-refractivity contribution >= 4 is 27.4 Å². The fourth-order valence-corrected chi connectivity index (χ4v) is 2.74. The predicted octanol–water partition coefficient (Wildman–Crippen LogP) is 4.64. The van der Waals surface area contributed by atoms with Gasteiger partial charge in [0.05, 0.1) is 11.2 Å². The van der Waals surface area contributed by atoms with Crippen molar-refractivity contribution in [2.24, 2.45) is 0 Å². The smallest absolute Gasteiger partial charge is 0.0715 e. The lowest BCUT2D eigenvalue weighted by Gasteiger charge is -2.06. The molecule has 0 spiro atoms. The Balaban J connectivity index is 1.97. The number of anilines is 1. The lowest BCUT2D eigenvalue weighted by molar-refractivity contribution is 1.40. The molecule has 2 heteroatoms. The largest absolute Gasteiger partial charge is 0.399 e. The van der Waals surface area contributed by atoms with Crippen LogP contribution in [0.1, 0.15) is 0 Å². The maximum atomic E-state index is 5.86. The molecular formula is C19H14N2. The second-order valence-electron chi connectivity index (χ2n) is 5.18. The molecule has 0 amide bonds. The zero-order valence-electron chi connectivity index (χ0n) is 11.5. The van der Waals surface area contributed by atoms with Gasteiger partial charge in [0.25, 0.3) is 0 Å². The van der Waals surface area contributed by atoms with E-state index in [1.165, 1.54) is 16.2 Å². The molecule has 0 bridgehead atoms. The number of pyridine rings is 1. The van der Waals surface area contributed by atoms with E-state index in [0.717, 1.165) is 22.5 Å². The van der Waals surface area contributed by atoms with Crippen molar-refractivity contribution in [3.63, 3.8) is 0 Å². The van der Waals surface area contributed by atoms with Crippen molar-refractivity contribution in [2.45, 2.75) is 0 Å². The lowest BCUT2D eigenvalue weighted by Crippen LogP contribution is -1.88. The molecule has 0 saturated heterocycles. The van der Waals surface area contributed by atoms with E-state index < -0.39 is 0 Å². The summed E-state index contributed by atoms with van der Waals surface area (Å²) in [6.07, 6.45) is 0. The average Bonchev–Trinajstić information content (AvgIpc) is 2.54. The molecule has 0 aliphatic carbocycles. The van der Waals surface area contributed by atoms with Crippen LogP contribution in [0.25, 0.3) is 32.9 Å². The molecule has 3 aromatic carbocycles. The number of aromatic nitrogens is 1. The van der Waals surface area contributed by atoms with Gasteiger partial charge in [-0.3, -0.25) is 0 Å². The van der Waals surface area contributed by atoms with Crippen LogP contribution in [0, 0.1) is 0 Å². The van der Waals surface area contributed by atoms with E-state index in [0.29, 0.717) is 0 Å². The minimum absolute atomic E-state index is 0.757. The second-order valence-corrected chi connectivity index (χ2v) is 5.18. The first-order valence-electron chi connectivity index (χ1n) is 6.96. The van der Waals surface area contributed by atoms with Crippen LogP contribution in [-0.4, -0.2) is 4.98 Å². The number of hydrogen-bond acceptors (Lipinski definition) is 2. The van der Waals surface area contributed by atoms with Gasteiger partial charge in [0.15, 0.2) is 0 Å². The Bertz CT molecular complexity index is 958. The van der Waals surface area contributed by atoms with Crippen LogP contribution >= 0.6 is 0 Å². The van der Waals surface area contributed by atoms with Gasteiger partial charge in [0, 0.05) is 16.6 Å². The van der Waals surface area contributed by atoms with E-state index >= 15 is 0 Å². The Morgan fingerprint density at radius 3 is 2.52 bits per heavy atom. The van der Waals surface area contributed by atoms with Crippen LogP contribution in [0.3, 0.4) is 0 Å². The highest BCUT2D eigenvalue weighted by Gasteiger charge is 2.04. The summed E-state index contributed by atoms with van der Waals surface area (Å²) in [5.41, 5.74) is 9.62. The monoisotopic (exact) mass is 270 g/mol. The van der Waals surface area contributed by atoms with Crippen LogP contribution in [0.2, 0.25) is 0 Å². The first kappa shape index (κ1) is 11.9. The molecular weight excluding hydrogens is 256 g/mol. The Labute approximate surface area is 122 Å². The molecule has 0 fully saturated rings. The predicted molar refractivity (Wildman–Crippen MR) is 89.1 cm³/mol. The molecule has 0 unspecified atom stereocenters. The Morgan fingerprint density at radius 2 is 1.62 bits per heavy atom. The number of nitrogens with zero attached hydrogens (tertiary/aromatic N) is 1. The molecule has 0 aliphatic rings. The molecule has 0 atom stereocenters. The third-order valence-electron chi connectivity index (χ3n) is 3.78. The molecule has 1 aromatic heterocycles. The standard InChI is InChI=1S/C19H14N2/c20-15-6-3-5-14(12-15)18-11-9-17-16-7-2-1-4-13(16)8-10-19(17)21-18/h1-12H,20H2. The van der Waals surface area contributed by atoms with Gasteiger partial charge in [-0.2, -0.15) is 0 Å². The van der Waals surface area contributed by atoms with Crippen molar-refractivity contribution in [2.75, 3.05) is 5.73 Å². The number of nitrogen functional groups attached to an aromatic ring is 1. The minimum atomic E-state index is 0.757. The Kier molecular flexibility index (Phi) is 2.61. The number of fused-ring (bicyclic) bond motifs is 3. The van der Waals surface area contributed by atoms with Gasteiger partial charge < -0.3 is 5.73 Å². The number of nitrogens with two attached hydrogens (primary N) is 1. The zero-order chi connectivity index (χ0) is 14.2. The molecule has 0 saturated carbocycles. The third-order valence-corrected chi connectivity index (χ3v) is 3.78. The van der Waals surface area contributed by atoms with Gasteiger partial charge in [0.2, 0.25) is 0 Å². The zero-order valence-corrected chi connectivity index (χ0v) is 11.5. The summed E-state index contributed by atoms with van der Waals surface area (Å²) in [7, 11) is 0. The third kappa shape index (κ3) is 2.01. The van der Waals surface area contributed by atoms with Gasteiger partial charge in [-0.15, -0.1) is 0 Å². The van der Waals surface area contributed by atoms with Gasteiger partial charge in [-0.1, -0.05) is 48.5 Å². The summed E-state index contributed by atoms with van der Waals surface area (Å²) in [4.78, 5) is 4.78. The highest BCUT2D eigenvalue weighted by Crippen LogP contribution is 2.27. The summed E-state index contributed by atoms with van der Waals surface area (Å²) in [6.45, 7) is 0. The van der Waals surface area contributed by atoms with Crippen LogP contribution in [0.5, 0.6) is 0 Å². The summed E-state index contributed by atoms with van der Waals surface area (Å²) in [6, 6.07) is 24.6. The summed E-state index contributed by atoms with van der Waals surface area (Å²) >= 11 is 0. The number of benzene rings is 3. The summed E-state index contributed by atoms with van der Waals surface area (Å²) < 4.78 is 0. The van der Waals surface area contributed by atoms with E-state index in [-0.39, 0.29) is 0 Å². The van der Waals surface area contributed by atoms with Crippen molar-refractivity contribution in [1.29, 1.82) is 0 Å². The second kappa shape index (κ2) is 4.60. The summed E-state index contributed by atoms with van der Waals surface area (Å²) in [5, 5.41) is 3.66. The Hall–Kier alpha value is -2.87. The fraction of sp³-hybridized carbons (Fsp3) is 0. The quantitative estimate of drug-likeness (QED) is 0.404. The lowest BCUT2D eigenvalue weighted by atomic mass is 10.0. The molecule has 4 aromatic rings. The molecule has 100 valence electrons. The van der Waals surface area contributed by atoms with Gasteiger partial charge >= 0.3 is 0 Å². The van der Waals surface area contributed by atoms with E-state index in [9.17, 15) is 0 Å². The van der Waals surface area contributed by atoms with E-state index in [2.05, 4.69) is 48.5 Å². The first-order chi connectivity index (χ1) is 10.3. The summed E-state index contributed by atoms with van der Waals surface area (Å²) in [5.74, 6) is 0. The van der Waals surface area contributed by atoms with Gasteiger partial charge in [-0.25, -0.2) is 4.98 Å². The molecule has 1 heterocycles. The van der Waals surface area contributed by atoms with E-state index in [1.807, 2.05) is 24.3 Å². The maximum absolute atomic E-state index is 5.86. The van der Waals surface area contributed by atoms with Crippen molar-refractivity contribution in [3.05, 3.63) is 72.8 Å². The molecule has 2 nitrogen and oxygen atoms in total. The molecule has 0 radical (unpaired) electrons. The van der Waals surface area contributed by atoms with Crippen LogP contribution in [0.4, 0.5) is 5.69 Å².